The second kappa shape index (κ2) is 13.5. The van der Waals surface area contributed by atoms with Crippen LogP contribution in [0.15, 0.2) is 35.3 Å². The number of nitrogens with one attached hydrogen (secondary N) is 2. The van der Waals surface area contributed by atoms with Crippen LogP contribution < -0.4 is 10.6 Å². The largest absolute Gasteiger partial charge is 0.385 e. The molecule has 0 spiro atoms. The van der Waals surface area contributed by atoms with E-state index in [0.29, 0.717) is 11.3 Å². The van der Waals surface area contributed by atoms with Gasteiger partial charge in [-0.15, -0.1) is 24.0 Å². The Morgan fingerprint density at radius 3 is 2.70 bits per heavy atom. The van der Waals surface area contributed by atoms with Crippen molar-refractivity contribution in [2.24, 2.45) is 16.3 Å². The molecule has 3 rings (SSSR count). The topological polar surface area (TPSA) is 48.9 Å². The van der Waals surface area contributed by atoms with Gasteiger partial charge in [0.1, 0.15) is 0 Å². The summed E-state index contributed by atoms with van der Waals surface area (Å²) in [5.74, 6) is 1.69. The second-order valence-corrected chi connectivity index (χ2v) is 8.86. The van der Waals surface area contributed by atoms with Crippen LogP contribution in [0.25, 0.3) is 0 Å². The zero-order chi connectivity index (χ0) is 20.4. The lowest BCUT2D eigenvalue weighted by molar-refractivity contribution is 0.0778. The molecule has 1 aliphatic carbocycles. The summed E-state index contributed by atoms with van der Waals surface area (Å²) in [6.07, 6.45) is 7.47. The number of nitrogens with zero attached hydrogens (tertiary/aromatic N) is 2. The molecule has 1 atom stereocenters. The fourth-order valence-corrected chi connectivity index (χ4v) is 4.53. The fourth-order valence-electron chi connectivity index (χ4n) is 4.53. The minimum Gasteiger partial charge on any atom is -0.385 e. The Morgan fingerprint density at radius 1 is 1.23 bits per heavy atom. The Morgan fingerprint density at radius 2 is 2.03 bits per heavy atom. The highest BCUT2D eigenvalue weighted by molar-refractivity contribution is 14.0. The lowest BCUT2D eigenvalue weighted by Crippen LogP contribution is -2.42. The molecule has 0 radical (unpaired) electrons. The summed E-state index contributed by atoms with van der Waals surface area (Å²) >= 11 is 0. The number of guanidine groups is 1. The van der Waals surface area contributed by atoms with Crippen LogP contribution in [-0.4, -0.2) is 63.8 Å². The minimum absolute atomic E-state index is 0. The lowest BCUT2D eigenvalue weighted by atomic mass is 9.67. The first-order chi connectivity index (χ1) is 14.2. The molecule has 2 fully saturated rings. The summed E-state index contributed by atoms with van der Waals surface area (Å²) in [4.78, 5) is 7.55. The van der Waals surface area contributed by atoms with Gasteiger partial charge in [0, 0.05) is 46.4 Å². The number of hydrogen-bond donors (Lipinski definition) is 2. The van der Waals surface area contributed by atoms with E-state index in [1.54, 1.807) is 7.11 Å². The van der Waals surface area contributed by atoms with Crippen LogP contribution in [0.5, 0.6) is 0 Å². The molecule has 30 heavy (non-hydrogen) atoms. The number of methoxy groups -OCH3 is 1. The normalized spacial score (nSPS) is 21.0. The van der Waals surface area contributed by atoms with E-state index in [1.165, 1.54) is 44.3 Å². The molecule has 0 amide bonds. The van der Waals surface area contributed by atoms with Crippen molar-refractivity contribution in [2.75, 3.05) is 53.0 Å². The zero-order valence-corrected chi connectivity index (χ0v) is 21.2. The van der Waals surface area contributed by atoms with E-state index >= 15 is 0 Å². The van der Waals surface area contributed by atoms with Crippen LogP contribution in [0, 0.1) is 11.3 Å². The maximum Gasteiger partial charge on any atom is 0.191 e. The van der Waals surface area contributed by atoms with E-state index < -0.39 is 0 Å². The molecule has 170 valence electrons. The Balaban J connectivity index is 0.00000320. The summed E-state index contributed by atoms with van der Waals surface area (Å²) in [7, 11) is 1.80. The van der Waals surface area contributed by atoms with Crippen molar-refractivity contribution in [3.8, 4) is 0 Å². The average Bonchev–Trinajstić information content (AvgIpc) is 3.18. The van der Waals surface area contributed by atoms with Crippen LogP contribution in [0.3, 0.4) is 0 Å². The van der Waals surface area contributed by atoms with Crippen molar-refractivity contribution in [3.63, 3.8) is 0 Å². The SMILES string of the molecule is CCNC(=NCC1(CCOC)CCC1)NCC1CCN(CCc2ccccc2)C1.I. The molecule has 1 aromatic rings. The van der Waals surface area contributed by atoms with Gasteiger partial charge in [0.15, 0.2) is 5.96 Å². The quantitative estimate of drug-likeness (QED) is 0.260. The third-order valence-electron chi connectivity index (χ3n) is 6.66. The Kier molecular flexibility index (Phi) is 11.5. The summed E-state index contributed by atoms with van der Waals surface area (Å²) < 4.78 is 5.32. The first-order valence-corrected chi connectivity index (χ1v) is 11.5. The highest BCUT2D eigenvalue weighted by atomic mass is 127. The molecule has 1 heterocycles. The third kappa shape index (κ3) is 8.00. The first-order valence-electron chi connectivity index (χ1n) is 11.5. The van der Waals surface area contributed by atoms with Crippen molar-refractivity contribution in [3.05, 3.63) is 35.9 Å². The maximum atomic E-state index is 5.32. The standard InChI is InChI=1S/C24H40N4O.HI/c1-3-25-23(27-20-24(12-7-13-24)14-17-29-2)26-18-22-11-16-28(19-22)15-10-21-8-5-4-6-9-21;/h4-6,8-9,22H,3,7,10-20H2,1-2H3,(H2,25,26,27);1H. The van der Waals surface area contributed by atoms with E-state index in [0.717, 1.165) is 51.6 Å². The van der Waals surface area contributed by atoms with Gasteiger partial charge in [-0.3, -0.25) is 4.99 Å². The summed E-state index contributed by atoms with van der Waals surface area (Å²) in [5.41, 5.74) is 1.81. The van der Waals surface area contributed by atoms with Crippen LogP contribution >= 0.6 is 24.0 Å². The second-order valence-electron chi connectivity index (χ2n) is 8.86. The number of hydrogen-bond acceptors (Lipinski definition) is 3. The maximum absolute atomic E-state index is 5.32. The number of aliphatic imine (C=N–C) groups is 1. The third-order valence-corrected chi connectivity index (χ3v) is 6.66. The number of ether oxygens (including phenoxy) is 1. The molecular formula is C24H41IN4O. The molecule has 1 saturated heterocycles. The molecule has 0 bridgehead atoms. The van der Waals surface area contributed by atoms with Gasteiger partial charge >= 0.3 is 0 Å². The number of rotatable bonds is 11. The van der Waals surface area contributed by atoms with Crippen molar-refractivity contribution in [1.29, 1.82) is 0 Å². The summed E-state index contributed by atoms with van der Waals surface area (Å²) in [5, 5.41) is 7.05. The van der Waals surface area contributed by atoms with E-state index in [1.807, 2.05) is 0 Å². The molecule has 5 nitrogen and oxygen atoms in total. The predicted molar refractivity (Wildman–Crippen MR) is 137 cm³/mol. The van der Waals surface area contributed by atoms with Gasteiger partial charge in [-0.1, -0.05) is 36.8 Å². The van der Waals surface area contributed by atoms with Crippen LogP contribution in [0.4, 0.5) is 0 Å². The van der Waals surface area contributed by atoms with Gasteiger partial charge in [0.25, 0.3) is 0 Å². The first kappa shape index (κ1) is 25.4. The molecule has 0 aromatic heterocycles. The van der Waals surface area contributed by atoms with E-state index in [4.69, 9.17) is 9.73 Å². The van der Waals surface area contributed by atoms with Crippen LogP contribution in [0.2, 0.25) is 0 Å². The van der Waals surface area contributed by atoms with Crippen LogP contribution in [0.1, 0.15) is 44.6 Å². The number of likely N-dealkylation sites (tertiary alicyclic amines) is 1. The van der Waals surface area contributed by atoms with Gasteiger partial charge in [-0.05, 0) is 62.5 Å². The van der Waals surface area contributed by atoms with E-state index in [2.05, 4.69) is 52.8 Å². The molecule has 2 N–H and O–H groups in total. The van der Waals surface area contributed by atoms with Gasteiger partial charge in [0.05, 0.1) is 0 Å². The zero-order valence-electron chi connectivity index (χ0n) is 18.9. The monoisotopic (exact) mass is 528 g/mol. The van der Waals surface area contributed by atoms with Gasteiger partial charge in [-0.2, -0.15) is 0 Å². The summed E-state index contributed by atoms with van der Waals surface area (Å²) in [6, 6.07) is 10.8. The van der Waals surface area contributed by atoms with Crippen molar-refractivity contribution >= 4 is 29.9 Å². The van der Waals surface area contributed by atoms with E-state index in [9.17, 15) is 0 Å². The number of benzene rings is 1. The van der Waals surface area contributed by atoms with E-state index in [-0.39, 0.29) is 24.0 Å². The van der Waals surface area contributed by atoms with Crippen molar-refractivity contribution < 1.29 is 4.74 Å². The Bertz CT molecular complexity index is 621. The Hall–Kier alpha value is -0.860. The molecule has 1 unspecified atom stereocenters. The average molecular weight is 529 g/mol. The van der Waals surface area contributed by atoms with Gasteiger partial charge < -0.3 is 20.3 Å². The van der Waals surface area contributed by atoms with Crippen molar-refractivity contribution in [2.45, 2.75) is 45.4 Å². The Labute approximate surface area is 200 Å². The molecule has 1 aromatic carbocycles. The highest BCUT2D eigenvalue weighted by Gasteiger charge is 2.36. The van der Waals surface area contributed by atoms with Crippen molar-refractivity contribution in [1.82, 2.24) is 15.5 Å². The lowest BCUT2D eigenvalue weighted by Gasteiger charge is -2.40. The predicted octanol–water partition coefficient (Wildman–Crippen LogP) is 3.93. The molecule has 1 saturated carbocycles. The van der Waals surface area contributed by atoms with Gasteiger partial charge in [0.2, 0.25) is 0 Å². The fraction of sp³-hybridized carbons (Fsp3) is 0.708. The molecular weight excluding hydrogens is 487 g/mol. The highest BCUT2D eigenvalue weighted by Crippen LogP contribution is 2.44. The summed E-state index contributed by atoms with van der Waals surface area (Å²) in [6.45, 7) is 9.40. The molecule has 1 aliphatic heterocycles. The smallest absolute Gasteiger partial charge is 0.191 e. The minimum atomic E-state index is 0. The molecule has 2 aliphatic rings. The van der Waals surface area contributed by atoms with Gasteiger partial charge in [-0.25, -0.2) is 0 Å². The van der Waals surface area contributed by atoms with Crippen LogP contribution in [-0.2, 0) is 11.2 Å². The molecule has 6 heteroatoms. The number of halogens is 1.